The number of nitrogens with one attached hydrogen (secondary N) is 1. The van der Waals surface area contributed by atoms with Crippen molar-refractivity contribution in [2.24, 2.45) is 5.92 Å². The van der Waals surface area contributed by atoms with Gasteiger partial charge in [-0.05, 0) is 37.3 Å². The number of carboxylic acids is 1. The van der Waals surface area contributed by atoms with E-state index in [0.29, 0.717) is 13.0 Å². The molecular formula is C16H22N2O3. The highest BCUT2D eigenvalue weighted by molar-refractivity contribution is 5.96. The molecule has 0 fully saturated rings. The first-order chi connectivity index (χ1) is 9.88. The summed E-state index contributed by atoms with van der Waals surface area (Å²) in [6.07, 6.45) is 1.24. The molecule has 0 bridgehead atoms. The Labute approximate surface area is 125 Å². The number of carboxylic acid groups (broad SMARTS) is 1. The van der Waals surface area contributed by atoms with Crippen LogP contribution in [-0.4, -0.2) is 29.7 Å². The van der Waals surface area contributed by atoms with Gasteiger partial charge >= 0.3 is 12.0 Å². The van der Waals surface area contributed by atoms with Crippen molar-refractivity contribution in [1.82, 2.24) is 5.32 Å². The van der Waals surface area contributed by atoms with Crippen LogP contribution in [0.2, 0.25) is 0 Å². The molecular weight excluding hydrogens is 268 g/mol. The van der Waals surface area contributed by atoms with Gasteiger partial charge in [-0.2, -0.15) is 0 Å². The summed E-state index contributed by atoms with van der Waals surface area (Å²) < 4.78 is 0. The van der Waals surface area contributed by atoms with Crippen molar-refractivity contribution in [2.45, 2.75) is 39.7 Å². The SMILES string of the molecule is Cc1ccc2c(c1)CCN2C(=O)NC(CC(C)C)C(=O)O. The van der Waals surface area contributed by atoms with E-state index in [1.807, 2.05) is 32.9 Å². The van der Waals surface area contributed by atoms with Crippen LogP contribution < -0.4 is 10.2 Å². The van der Waals surface area contributed by atoms with Gasteiger partial charge in [-0.1, -0.05) is 31.5 Å². The summed E-state index contributed by atoms with van der Waals surface area (Å²) >= 11 is 0. The molecule has 5 nitrogen and oxygen atoms in total. The summed E-state index contributed by atoms with van der Waals surface area (Å²) in [7, 11) is 0. The molecule has 1 aliphatic rings. The van der Waals surface area contributed by atoms with Gasteiger partial charge in [0.1, 0.15) is 6.04 Å². The lowest BCUT2D eigenvalue weighted by molar-refractivity contribution is -0.139. The fourth-order valence-corrected chi connectivity index (χ4v) is 2.66. The Morgan fingerprint density at radius 3 is 2.71 bits per heavy atom. The quantitative estimate of drug-likeness (QED) is 0.895. The molecule has 0 aromatic heterocycles. The molecule has 1 aliphatic heterocycles. The highest BCUT2D eigenvalue weighted by Crippen LogP contribution is 2.28. The van der Waals surface area contributed by atoms with E-state index in [1.54, 1.807) is 4.90 Å². The van der Waals surface area contributed by atoms with Crippen LogP contribution >= 0.6 is 0 Å². The summed E-state index contributed by atoms with van der Waals surface area (Å²) in [4.78, 5) is 25.2. The molecule has 1 atom stereocenters. The van der Waals surface area contributed by atoms with E-state index in [2.05, 4.69) is 11.4 Å². The van der Waals surface area contributed by atoms with Crippen LogP contribution in [0.3, 0.4) is 0 Å². The fourth-order valence-electron chi connectivity index (χ4n) is 2.66. The molecule has 21 heavy (non-hydrogen) atoms. The van der Waals surface area contributed by atoms with Crippen molar-refractivity contribution in [3.8, 4) is 0 Å². The Morgan fingerprint density at radius 1 is 1.38 bits per heavy atom. The monoisotopic (exact) mass is 290 g/mol. The van der Waals surface area contributed by atoms with Crippen LogP contribution in [0.25, 0.3) is 0 Å². The molecule has 5 heteroatoms. The van der Waals surface area contributed by atoms with Crippen molar-refractivity contribution in [3.63, 3.8) is 0 Å². The predicted octanol–water partition coefficient (Wildman–Crippen LogP) is 2.57. The highest BCUT2D eigenvalue weighted by atomic mass is 16.4. The summed E-state index contributed by atoms with van der Waals surface area (Å²) in [5, 5.41) is 11.8. The molecule has 2 rings (SSSR count). The lowest BCUT2D eigenvalue weighted by atomic mass is 10.0. The average molecular weight is 290 g/mol. The number of hydrogen-bond donors (Lipinski definition) is 2. The number of anilines is 1. The van der Waals surface area contributed by atoms with Crippen molar-refractivity contribution in [2.75, 3.05) is 11.4 Å². The number of rotatable bonds is 4. The van der Waals surface area contributed by atoms with E-state index in [1.165, 1.54) is 5.56 Å². The molecule has 0 spiro atoms. The lowest BCUT2D eigenvalue weighted by Gasteiger charge is -2.22. The first kappa shape index (κ1) is 15.4. The number of carbonyl (C=O) groups excluding carboxylic acids is 1. The smallest absolute Gasteiger partial charge is 0.326 e. The van der Waals surface area contributed by atoms with E-state index >= 15 is 0 Å². The Hall–Kier alpha value is -2.04. The number of aliphatic carboxylic acids is 1. The van der Waals surface area contributed by atoms with E-state index in [0.717, 1.165) is 17.7 Å². The standard InChI is InChI=1S/C16H22N2O3/c1-10(2)8-13(15(19)20)17-16(21)18-7-6-12-9-11(3)4-5-14(12)18/h4-5,9-10,13H,6-8H2,1-3H3,(H,17,21)(H,19,20). The second kappa shape index (κ2) is 6.16. The molecule has 0 radical (unpaired) electrons. The molecule has 1 unspecified atom stereocenters. The van der Waals surface area contributed by atoms with Crippen molar-refractivity contribution < 1.29 is 14.7 Å². The number of carbonyl (C=O) groups is 2. The fraction of sp³-hybridized carbons (Fsp3) is 0.500. The number of aryl methyl sites for hydroxylation is 1. The van der Waals surface area contributed by atoms with Gasteiger partial charge < -0.3 is 10.4 Å². The third-order valence-corrected chi connectivity index (χ3v) is 3.68. The van der Waals surface area contributed by atoms with Crippen LogP contribution in [0, 0.1) is 12.8 Å². The number of amides is 2. The molecule has 0 saturated heterocycles. The summed E-state index contributed by atoms with van der Waals surface area (Å²) in [6, 6.07) is 4.80. The van der Waals surface area contributed by atoms with Gasteiger partial charge in [-0.15, -0.1) is 0 Å². The second-order valence-electron chi connectivity index (χ2n) is 6.00. The maximum atomic E-state index is 12.3. The molecule has 114 valence electrons. The first-order valence-corrected chi connectivity index (χ1v) is 7.29. The van der Waals surface area contributed by atoms with Crippen molar-refractivity contribution in [1.29, 1.82) is 0 Å². The summed E-state index contributed by atoms with van der Waals surface area (Å²) in [6.45, 7) is 6.50. The largest absolute Gasteiger partial charge is 0.480 e. The van der Waals surface area contributed by atoms with E-state index < -0.39 is 12.0 Å². The first-order valence-electron chi connectivity index (χ1n) is 7.29. The molecule has 2 N–H and O–H groups in total. The Kier molecular flexibility index (Phi) is 4.50. The van der Waals surface area contributed by atoms with E-state index in [-0.39, 0.29) is 11.9 Å². The van der Waals surface area contributed by atoms with Crippen LogP contribution in [0.1, 0.15) is 31.4 Å². The van der Waals surface area contributed by atoms with Crippen molar-refractivity contribution in [3.05, 3.63) is 29.3 Å². The third kappa shape index (κ3) is 3.54. The zero-order valence-corrected chi connectivity index (χ0v) is 12.7. The van der Waals surface area contributed by atoms with Crippen LogP contribution in [0.15, 0.2) is 18.2 Å². The Morgan fingerprint density at radius 2 is 2.10 bits per heavy atom. The van der Waals surface area contributed by atoms with Crippen molar-refractivity contribution >= 4 is 17.7 Å². The summed E-state index contributed by atoms with van der Waals surface area (Å²) in [5.74, 6) is -0.778. The van der Waals surface area contributed by atoms with E-state index in [9.17, 15) is 14.7 Å². The minimum absolute atomic E-state index is 0.208. The molecule has 1 aromatic rings. The third-order valence-electron chi connectivity index (χ3n) is 3.68. The van der Waals surface area contributed by atoms with Gasteiger partial charge in [-0.25, -0.2) is 9.59 Å². The average Bonchev–Trinajstić information content (AvgIpc) is 2.80. The second-order valence-corrected chi connectivity index (χ2v) is 6.00. The number of nitrogens with zero attached hydrogens (tertiary/aromatic N) is 1. The molecule has 1 aromatic carbocycles. The van der Waals surface area contributed by atoms with Gasteiger partial charge in [0.05, 0.1) is 0 Å². The Bertz CT molecular complexity index is 554. The predicted molar refractivity (Wildman–Crippen MR) is 81.6 cm³/mol. The van der Waals surface area contributed by atoms with Gasteiger partial charge in [0.25, 0.3) is 0 Å². The Balaban J connectivity index is 2.10. The van der Waals surface area contributed by atoms with Gasteiger partial charge in [0, 0.05) is 12.2 Å². The number of fused-ring (bicyclic) bond motifs is 1. The summed E-state index contributed by atoms with van der Waals surface area (Å²) in [5.41, 5.74) is 3.19. The maximum absolute atomic E-state index is 12.3. The molecule has 2 amide bonds. The number of urea groups is 1. The minimum Gasteiger partial charge on any atom is -0.480 e. The van der Waals surface area contributed by atoms with Gasteiger partial charge in [0.15, 0.2) is 0 Å². The zero-order valence-electron chi connectivity index (χ0n) is 12.7. The number of benzene rings is 1. The van der Waals surface area contributed by atoms with Crippen LogP contribution in [0.4, 0.5) is 10.5 Å². The van der Waals surface area contributed by atoms with Gasteiger partial charge in [-0.3, -0.25) is 4.90 Å². The maximum Gasteiger partial charge on any atom is 0.326 e. The molecule has 0 saturated carbocycles. The van der Waals surface area contributed by atoms with Gasteiger partial charge in [0.2, 0.25) is 0 Å². The van der Waals surface area contributed by atoms with Crippen LogP contribution in [0.5, 0.6) is 0 Å². The highest BCUT2D eigenvalue weighted by Gasteiger charge is 2.28. The topological polar surface area (TPSA) is 69.6 Å². The number of hydrogen-bond acceptors (Lipinski definition) is 2. The molecule has 1 heterocycles. The van der Waals surface area contributed by atoms with E-state index in [4.69, 9.17) is 0 Å². The normalized spacial score (nSPS) is 15.0. The lowest BCUT2D eigenvalue weighted by Crippen LogP contribution is -2.48. The molecule has 0 aliphatic carbocycles. The van der Waals surface area contributed by atoms with Crippen LogP contribution in [-0.2, 0) is 11.2 Å². The zero-order chi connectivity index (χ0) is 15.6. The minimum atomic E-state index is -0.986.